The Morgan fingerprint density at radius 2 is 1.86 bits per heavy atom. The number of halogens is 1. The number of fused-ring (bicyclic) bond motifs is 1. The van der Waals surface area contributed by atoms with Crippen LogP contribution in [0.2, 0.25) is 0 Å². The van der Waals surface area contributed by atoms with Crippen molar-refractivity contribution >= 4 is 22.8 Å². The predicted molar refractivity (Wildman–Crippen MR) is 137 cm³/mol. The normalized spacial score (nSPS) is 14.5. The van der Waals surface area contributed by atoms with Gasteiger partial charge < -0.3 is 20.4 Å². The van der Waals surface area contributed by atoms with Crippen LogP contribution in [0.3, 0.4) is 0 Å². The third kappa shape index (κ3) is 7.10. The van der Waals surface area contributed by atoms with Crippen LogP contribution in [0, 0.1) is 5.82 Å². The van der Waals surface area contributed by atoms with Crippen LogP contribution in [-0.4, -0.2) is 84.1 Å². The summed E-state index contributed by atoms with van der Waals surface area (Å²) < 4.78 is 13.3. The summed E-state index contributed by atoms with van der Waals surface area (Å²) in [4.78, 5) is 28.4. The molecule has 1 aromatic heterocycles. The molecule has 1 saturated heterocycles. The molecule has 1 fully saturated rings. The molecule has 3 aromatic rings. The lowest BCUT2D eigenvalue weighted by Crippen LogP contribution is -2.51. The highest BCUT2D eigenvalue weighted by atomic mass is 19.1. The van der Waals surface area contributed by atoms with Gasteiger partial charge in [-0.25, -0.2) is 19.2 Å². The lowest BCUT2D eigenvalue weighted by atomic mass is 10.2. The van der Waals surface area contributed by atoms with Crippen molar-refractivity contribution in [1.29, 1.82) is 0 Å². The van der Waals surface area contributed by atoms with E-state index in [0.29, 0.717) is 26.2 Å². The first-order chi connectivity index (χ1) is 17.0. The first kappa shape index (κ1) is 24.8. The van der Waals surface area contributed by atoms with Gasteiger partial charge in [-0.1, -0.05) is 24.3 Å². The minimum Gasteiger partial charge on any atom is -0.369 e. The summed E-state index contributed by atoms with van der Waals surface area (Å²) in [5.74, 6) is 1.36. The molecular formula is C26H34FN7O. The number of nitrogens with one attached hydrogen (secondary N) is 2. The van der Waals surface area contributed by atoms with Gasteiger partial charge in [-0.2, -0.15) is 0 Å². The molecule has 2 heterocycles. The van der Waals surface area contributed by atoms with Gasteiger partial charge in [0.1, 0.15) is 17.5 Å². The zero-order chi connectivity index (χ0) is 24.6. The molecule has 2 N–H and O–H groups in total. The molecule has 4 rings (SSSR count). The van der Waals surface area contributed by atoms with E-state index in [1.807, 2.05) is 18.2 Å². The molecule has 0 bridgehead atoms. The smallest absolute Gasteiger partial charge is 0.317 e. The van der Waals surface area contributed by atoms with E-state index in [1.165, 1.54) is 12.1 Å². The molecule has 186 valence electrons. The summed E-state index contributed by atoms with van der Waals surface area (Å²) >= 11 is 0. The number of rotatable bonds is 9. The predicted octanol–water partition coefficient (Wildman–Crippen LogP) is 3.16. The molecule has 0 spiro atoms. The lowest BCUT2D eigenvalue weighted by Gasteiger charge is -2.34. The lowest BCUT2D eigenvalue weighted by molar-refractivity contribution is 0.133. The topological polar surface area (TPSA) is 76.6 Å². The van der Waals surface area contributed by atoms with Crippen molar-refractivity contribution in [3.63, 3.8) is 0 Å². The van der Waals surface area contributed by atoms with E-state index < -0.39 is 0 Å². The van der Waals surface area contributed by atoms with Crippen LogP contribution in [0.4, 0.5) is 15.0 Å². The fourth-order valence-electron chi connectivity index (χ4n) is 4.18. The summed E-state index contributed by atoms with van der Waals surface area (Å²) in [6.45, 7) is 5.55. The van der Waals surface area contributed by atoms with E-state index in [-0.39, 0.29) is 11.8 Å². The van der Waals surface area contributed by atoms with Gasteiger partial charge in [0.25, 0.3) is 0 Å². The van der Waals surface area contributed by atoms with Crippen LogP contribution in [0.5, 0.6) is 0 Å². The number of amides is 2. The Bertz CT molecular complexity index is 1130. The Labute approximate surface area is 206 Å². The number of benzene rings is 2. The number of piperazine rings is 1. The minimum atomic E-state index is -0.298. The maximum absolute atomic E-state index is 13.3. The van der Waals surface area contributed by atoms with Gasteiger partial charge in [0.15, 0.2) is 0 Å². The summed E-state index contributed by atoms with van der Waals surface area (Å²) in [7, 11) is 4.15. The SMILES string of the molecule is CN(C)CCCNc1nc(CN2CCN(C(=O)NCc3cccc(F)c3)CC2)nc2ccccc12. The number of aromatic nitrogens is 2. The fraction of sp³-hybridized carbons (Fsp3) is 0.423. The van der Waals surface area contributed by atoms with Crippen molar-refractivity contribution in [3.8, 4) is 0 Å². The number of carbonyl (C=O) groups is 1. The standard InChI is InChI=1S/C26H34FN7O/c1-32(2)12-6-11-28-25-22-9-3-4-10-23(22)30-24(31-25)19-33-13-15-34(16-14-33)26(35)29-18-20-7-5-8-21(27)17-20/h3-5,7-10,17H,6,11-16,18-19H2,1-2H3,(H,29,35)(H,28,30,31). The zero-order valence-corrected chi connectivity index (χ0v) is 20.5. The molecule has 1 aliphatic rings. The van der Waals surface area contributed by atoms with Crippen LogP contribution in [0.25, 0.3) is 10.9 Å². The van der Waals surface area contributed by atoms with E-state index in [9.17, 15) is 9.18 Å². The van der Waals surface area contributed by atoms with E-state index in [1.54, 1.807) is 17.0 Å². The number of hydrogen-bond acceptors (Lipinski definition) is 6. The number of hydrogen-bond donors (Lipinski definition) is 2. The average Bonchev–Trinajstić information content (AvgIpc) is 2.85. The molecule has 0 aliphatic carbocycles. The zero-order valence-electron chi connectivity index (χ0n) is 20.5. The van der Waals surface area contributed by atoms with E-state index in [0.717, 1.165) is 60.7 Å². The van der Waals surface area contributed by atoms with Crippen molar-refractivity contribution in [3.05, 3.63) is 65.7 Å². The van der Waals surface area contributed by atoms with Crippen LogP contribution in [0.1, 0.15) is 17.8 Å². The van der Waals surface area contributed by atoms with Gasteiger partial charge in [0.2, 0.25) is 0 Å². The third-order valence-electron chi connectivity index (χ3n) is 6.08. The highest BCUT2D eigenvalue weighted by Gasteiger charge is 2.22. The van der Waals surface area contributed by atoms with Gasteiger partial charge >= 0.3 is 6.03 Å². The Balaban J connectivity index is 1.31. The summed E-state index contributed by atoms with van der Waals surface area (Å²) in [6, 6.07) is 14.2. The first-order valence-corrected chi connectivity index (χ1v) is 12.1. The molecule has 8 nitrogen and oxygen atoms in total. The van der Waals surface area contributed by atoms with Crippen molar-refractivity contribution in [2.24, 2.45) is 0 Å². The molecule has 0 saturated carbocycles. The second-order valence-corrected chi connectivity index (χ2v) is 9.14. The van der Waals surface area contributed by atoms with Crippen LogP contribution in [-0.2, 0) is 13.1 Å². The van der Waals surface area contributed by atoms with Crippen molar-refractivity contribution in [1.82, 2.24) is 30.0 Å². The van der Waals surface area contributed by atoms with Gasteiger partial charge in [-0.05, 0) is 56.9 Å². The minimum absolute atomic E-state index is 0.125. The van der Waals surface area contributed by atoms with E-state index >= 15 is 0 Å². The third-order valence-corrected chi connectivity index (χ3v) is 6.08. The van der Waals surface area contributed by atoms with Gasteiger partial charge in [-0.3, -0.25) is 4.90 Å². The Kier molecular flexibility index (Phi) is 8.44. The molecule has 1 aliphatic heterocycles. The largest absolute Gasteiger partial charge is 0.369 e. The molecule has 0 atom stereocenters. The monoisotopic (exact) mass is 479 g/mol. The van der Waals surface area contributed by atoms with Crippen molar-refractivity contribution in [2.45, 2.75) is 19.5 Å². The Hall–Kier alpha value is -3.30. The fourth-order valence-corrected chi connectivity index (χ4v) is 4.18. The summed E-state index contributed by atoms with van der Waals surface area (Å²) in [5, 5.41) is 7.41. The molecule has 35 heavy (non-hydrogen) atoms. The van der Waals surface area contributed by atoms with Gasteiger partial charge in [0.05, 0.1) is 12.1 Å². The van der Waals surface area contributed by atoms with Gasteiger partial charge in [-0.15, -0.1) is 0 Å². The Morgan fingerprint density at radius 1 is 1.06 bits per heavy atom. The van der Waals surface area contributed by atoms with E-state index in [4.69, 9.17) is 9.97 Å². The average molecular weight is 480 g/mol. The molecular weight excluding hydrogens is 445 g/mol. The quantitative estimate of drug-likeness (QED) is 0.459. The number of anilines is 1. The van der Waals surface area contributed by atoms with E-state index in [2.05, 4.69) is 40.6 Å². The number of para-hydroxylation sites is 1. The molecule has 0 radical (unpaired) electrons. The molecule has 2 aromatic carbocycles. The maximum atomic E-state index is 13.3. The van der Waals surface area contributed by atoms with Crippen LogP contribution < -0.4 is 10.6 Å². The molecule has 0 unspecified atom stereocenters. The number of urea groups is 1. The van der Waals surface area contributed by atoms with Gasteiger partial charge in [0, 0.05) is 44.7 Å². The number of carbonyl (C=O) groups excluding carboxylic acids is 1. The highest BCUT2D eigenvalue weighted by molar-refractivity contribution is 5.88. The van der Waals surface area contributed by atoms with Crippen molar-refractivity contribution in [2.75, 3.05) is 58.7 Å². The maximum Gasteiger partial charge on any atom is 0.317 e. The first-order valence-electron chi connectivity index (χ1n) is 12.1. The summed E-state index contributed by atoms with van der Waals surface area (Å²) in [6.07, 6.45) is 1.03. The highest BCUT2D eigenvalue weighted by Crippen LogP contribution is 2.21. The second kappa shape index (κ2) is 11.9. The second-order valence-electron chi connectivity index (χ2n) is 9.14. The molecule has 2 amide bonds. The van der Waals surface area contributed by atoms with Crippen molar-refractivity contribution < 1.29 is 9.18 Å². The number of nitrogens with zero attached hydrogens (tertiary/aromatic N) is 5. The Morgan fingerprint density at radius 3 is 2.63 bits per heavy atom. The van der Waals surface area contributed by atoms with Crippen LogP contribution in [0.15, 0.2) is 48.5 Å². The van der Waals surface area contributed by atoms with Crippen LogP contribution >= 0.6 is 0 Å². The summed E-state index contributed by atoms with van der Waals surface area (Å²) in [5.41, 5.74) is 1.68. The molecule has 9 heteroatoms.